The lowest BCUT2D eigenvalue weighted by atomic mass is 9.98. The third kappa shape index (κ3) is 10.0. The van der Waals surface area contributed by atoms with Crippen molar-refractivity contribution < 1.29 is 48.5 Å². The molecule has 0 amide bonds. The standard InChI is InChI=1S/C28H34O10/c1-26(2,3)36-33-23(30)18-12-10-17(11-13-18)22(29)19-14-20(24(31)34-37-27(4,5)6)16-21(15-19)25(32)35-38-28(7,8)9/h10-16H,1-9H3. The summed E-state index contributed by atoms with van der Waals surface area (Å²) in [7, 11) is 0. The third-order valence-corrected chi connectivity index (χ3v) is 4.15. The second-order valence-corrected chi connectivity index (χ2v) is 11.4. The molecule has 0 radical (unpaired) electrons. The van der Waals surface area contributed by atoms with Crippen molar-refractivity contribution in [3.63, 3.8) is 0 Å². The van der Waals surface area contributed by atoms with Crippen LogP contribution in [0.25, 0.3) is 0 Å². The van der Waals surface area contributed by atoms with Gasteiger partial charge in [0.15, 0.2) is 5.78 Å². The maximum absolute atomic E-state index is 13.3. The average Bonchev–Trinajstić information content (AvgIpc) is 2.82. The maximum atomic E-state index is 13.3. The van der Waals surface area contributed by atoms with E-state index in [0.717, 1.165) is 0 Å². The Morgan fingerprint density at radius 1 is 0.447 bits per heavy atom. The summed E-state index contributed by atoms with van der Waals surface area (Å²) in [5, 5.41) is 0. The molecule has 0 aliphatic heterocycles. The van der Waals surface area contributed by atoms with Gasteiger partial charge in [0.2, 0.25) is 0 Å². The molecule has 0 spiro atoms. The minimum atomic E-state index is -0.919. The summed E-state index contributed by atoms with van der Waals surface area (Å²) >= 11 is 0. The molecule has 0 N–H and O–H groups in total. The highest BCUT2D eigenvalue weighted by molar-refractivity contribution is 6.11. The minimum Gasteiger partial charge on any atom is -0.292 e. The molecule has 0 bridgehead atoms. The Morgan fingerprint density at radius 2 is 0.737 bits per heavy atom. The molecule has 10 nitrogen and oxygen atoms in total. The molecule has 0 heterocycles. The van der Waals surface area contributed by atoms with Crippen molar-refractivity contribution in [3.8, 4) is 0 Å². The predicted octanol–water partition coefficient (Wildman–Crippen LogP) is 5.58. The molecule has 0 aliphatic carbocycles. The molecule has 0 saturated heterocycles. The van der Waals surface area contributed by atoms with Crippen LogP contribution in [-0.2, 0) is 29.3 Å². The molecule has 0 aromatic heterocycles. The van der Waals surface area contributed by atoms with Gasteiger partial charge in [-0.1, -0.05) is 12.1 Å². The highest BCUT2D eigenvalue weighted by Gasteiger charge is 2.24. The fraction of sp³-hybridized carbons (Fsp3) is 0.429. The Labute approximate surface area is 221 Å². The largest absolute Gasteiger partial charge is 0.373 e. The zero-order valence-electron chi connectivity index (χ0n) is 23.1. The fourth-order valence-electron chi connectivity index (χ4n) is 2.55. The van der Waals surface area contributed by atoms with Crippen LogP contribution < -0.4 is 0 Å². The van der Waals surface area contributed by atoms with Gasteiger partial charge in [-0.15, -0.1) is 0 Å². The number of rotatable bonds is 8. The van der Waals surface area contributed by atoms with Crippen LogP contribution in [0.5, 0.6) is 0 Å². The molecule has 0 aliphatic rings. The molecule has 0 unspecified atom stereocenters. The summed E-state index contributed by atoms with van der Waals surface area (Å²) in [4.78, 5) is 80.4. The van der Waals surface area contributed by atoms with Crippen LogP contribution in [0, 0.1) is 0 Å². The van der Waals surface area contributed by atoms with Crippen LogP contribution in [0.1, 0.15) is 109 Å². The van der Waals surface area contributed by atoms with Crippen LogP contribution in [0.3, 0.4) is 0 Å². The molecule has 2 aromatic rings. The molecular formula is C28H34O10. The van der Waals surface area contributed by atoms with Gasteiger partial charge in [-0.2, -0.15) is 14.7 Å². The van der Waals surface area contributed by atoms with Crippen molar-refractivity contribution >= 4 is 23.7 Å². The van der Waals surface area contributed by atoms with Gasteiger partial charge in [0, 0.05) is 11.1 Å². The lowest BCUT2D eigenvalue weighted by molar-refractivity contribution is -0.301. The van der Waals surface area contributed by atoms with E-state index in [4.69, 9.17) is 29.3 Å². The molecule has 0 fully saturated rings. The second kappa shape index (κ2) is 11.8. The van der Waals surface area contributed by atoms with Gasteiger partial charge in [0.1, 0.15) is 16.8 Å². The van der Waals surface area contributed by atoms with E-state index in [2.05, 4.69) is 0 Å². The first-order valence-electron chi connectivity index (χ1n) is 11.8. The first-order valence-corrected chi connectivity index (χ1v) is 11.8. The summed E-state index contributed by atoms with van der Waals surface area (Å²) in [6.07, 6.45) is 0. The van der Waals surface area contributed by atoms with Crippen LogP contribution in [-0.4, -0.2) is 40.5 Å². The fourth-order valence-corrected chi connectivity index (χ4v) is 2.55. The molecule has 10 heteroatoms. The lowest BCUT2D eigenvalue weighted by Crippen LogP contribution is -2.23. The van der Waals surface area contributed by atoms with Crippen molar-refractivity contribution in [2.75, 3.05) is 0 Å². The molecule has 2 aromatic carbocycles. The van der Waals surface area contributed by atoms with Crippen molar-refractivity contribution in [2.45, 2.75) is 79.1 Å². The zero-order chi connectivity index (χ0) is 28.9. The van der Waals surface area contributed by atoms with Gasteiger partial charge in [-0.3, -0.25) is 19.5 Å². The first-order chi connectivity index (χ1) is 17.3. The van der Waals surface area contributed by atoms with Crippen LogP contribution in [0.4, 0.5) is 0 Å². The highest BCUT2D eigenvalue weighted by Crippen LogP contribution is 2.20. The third-order valence-electron chi connectivity index (χ3n) is 4.15. The van der Waals surface area contributed by atoms with E-state index >= 15 is 0 Å². The summed E-state index contributed by atoms with van der Waals surface area (Å²) < 4.78 is 0. The lowest BCUT2D eigenvalue weighted by Gasteiger charge is -2.18. The van der Waals surface area contributed by atoms with E-state index in [0.29, 0.717) is 0 Å². The van der Waals surface area contributed by atoms with E-state index < -0.39 is 40.5 Å². The van der Waals surface area contributed by atoms with Crippen LogP contribution >= 0.6 is 0 Å². The van der Waals surface area contributed by atoms with E-state index in [1.807, 2.05) is 0 Å². The Balaban J connectivity index is 2.36. The van der Waals surface area contributed by atoms with E-state index in [1.165, 1.54) is 42.5 Å². The Kier molecular flexibility index (Phi) is 9.55. The summed E-state index contributed by atoms with van der Waals surface area (Å²) in [5.41, 5.74) is -2.18. The molecule has 0 atom stereocenters. The van der Waals surface area contributed by atoms with Crippen molar-refractivity contribution in [1.82, 2.24) is 0 Å². The van der Waals surface area contributed by atoms with Gasteiger partial charge >= 0.3 is 17.9 Å². The van der Waals surface area contributed by atoms with E-state index in [-0.39, 0.29) is 27.8 Å². The van der Waals surface area contributed by atoms with E-state index in [9.17, 15) is 19.2 Å². The molecule has 2 rings (SSSR count). The number of carbonyl (C=O) groups excluding carboxylic acids is 4. The Morgan fingerprint density at radius 3 is 1.08 bits per heavy atom. The predicted molar refractivity (Wildman–Crippen MR) is 135 cm³/mol. The zero-order valence-corrected chi connectivity index (χ0v) is 23.1. The second-order valence-electron chi connectivity index (χ2n) is 11.4. The quantitative estimate of drug-likeness (QED) is 0.243. The monoisotopic (exact) mass is 530 g/mol. The number of ketones is 1. The minimum absolute atomic E-state index is 0.00990. The van der Waals surface area contributed by atoms with Crippen molar-refractivity contribution in [3.05, 3.63) is 70.3 Å². The number of hydrogen-bond acceptors (Lipinski definition) is 10. The normalized spacial score (nSPS) is 12.0. The summed E-state index contributed by atoms with van der Waals surface area (Å²) in [6.45, 7) is 15.3. The molecule has 0 saturated carbocycles. The van der Waals surface area contributed by atoms with Gasteiger partial charge < -0.3 is 0 Å². The molecular weight excluding hydrogens is 496 g/mol. The smallest absolute Gasteiger partial charge is 0.292 e. The van der Waals surface area contributed by atoms with Crippen molar-refractivity contribution in [1.29, 1.82) is 0 Å². The van der Waals surface area contributed by atoms with Gasteiger partial charge in [0.25, 0.3) is 0 Å². The van der Waals surface area contributed by atoms with Gasteiger partial charge in [-0.25, -0.2) is 14.4 Å². The van der Waals surface area contributed by atoms with Crippen molar-refractivity contribution in [2.24, 2.45) is 0 Å². The van der Waals surface area contributed by atoms with E-state index in [1.54, 1.807) is 62.3 Å². The van der Waals surface area contributed by atoms with Gasteiger partial charge in [0.05, 0.1) is 16.7 Å². The number of carbonyl (C=O) groups is 4. The Hall–Kier alpha value is -3.60. The first kappa shape index (κ1) is 30.6. The maximum Gasteiger partial charge on any atom is 0.373 e. The summed E-state index contributed by atoms with van der Waals surface area (Å²) in [6, 6.07) is 9.32. The van der Waals surface area contributed by atoms with Gasteiger partial charge in [-0.05, 0) is 92.6 Å². The molecule has 206 valence electrons. The SMILES string of the molecule is CC(C)(C)OOC(=O)c1ccc(C(=O)c2cc(C(=O)OOC(C)(C)C)cc(C(=O)OOC(C)(C)C)c2)cc1. The summed E-state index contributed by atoms with van der Waals surface area (Å²) in [5.74, 6) is -3.10. The number of benzene rings is 2. The number of hydrogen-bond donors (Lipinski definition) is 0. The topological polar surface area (TPSA) is 124 Å². The average molecular weight is 531 g/mol. The van der Waals surface area contributed by atoms with Crippen LogP contribution in [0.15, 0.2) is 42.5 Å². The highest BCUT2D eigenvalue weighted by atomic mass is 17.2. The molecule has 38 heavy (non-hydrogen) atoms. The van der Waals surface area contributed by atoms with Crippen LogP contribution in [0.2, 0.25) is 0 Å². The Bertz CT molecular complexity index is 1130.